The Labute approximate surface area is 216 Å². The molecule has 1 saturated heterocycles. The van der Waals surface area contributed by atoms with Crippen molar-refractivity contribution in [2.24, 2.45) is 0 Å². The van der Waals surface area contributed by atoms with Gasteiger partial charge in [-0.15, -0.1) is 0 Å². The summed E-state index contributed by atoms with van der Waals surface area (Å²) in [5.41, 5.74) is 2.21. The summed E-state index contributed by atoms with van der Waals surface area (Å²) >= 11 is 24.9. The number of anilines is 1. The first-order valence-electron chi connectivity index (χ1n) is 9.64. The molecule has 0 N–H and O–H groups in total. The topological polar surface area (TPSA) is 38.8 Å². The zero-order valence-corrected chi connectivity index (χ0v) is 21.1. The van der Waals surface area contributed by atoms with Gasteiger partial charge in [0, 0.05) is 20.6 Å². The summed E-state index contributed by atoms with van der Waals surface area (Å²) in [5, 5.41) is 1.62. The molecular weight excluding hydrogens is 521 g/mol. The quantitative estimate of drug-likeness (QED) is 0.239. The fraction of sp³-hybridized carbons (Fsp3) is 0.0833. The molecule has 1 amide bonds. The Morgan fingerprint density at radius 1 is 1.00 bits per heavy atom. The Morgan fingerprint density at radius 2 is 1.79 bits per heavy atom. The number of amides is 1. The van der Waals surface area contributed by atoms with Crippen molar-refractivity contribution in [3.05, 3.63) is 91.8 Å². The summed E-state index contributed by atoms with van der Waals surface area (Å²) in [4.78, 5) is 15.0. The number of carbonyl (C=O) groups excluding carboxylic acids is 1. The van der Waals surface area contributed by atoms with Crippen LogP contribution < -0.4 is 14.4 Å². The molecule has 1 aliphatic rings. The van der Waals surface area contributed by atoms with E-state index in [0.29, 0.717) is 41.5 Å². The predicted molar refractivity (Wildman–Crippen MR) is 141 cm³/mol. The van der Waals surface area contributed by atoms with Crippen molar-refractivity contribution in [2.45, 2.75) is 6.61 Å². The number of thiocarbonyl (C=S) groups is 1. The smallest absolute Gasteiger partial charge is 0.270 e. The number of hydrogen-bond acceptors (Lipinski definition) is 5. The second-order valence-corrected chi connectivity index (χ2v) is 9.89. The van der Waals surface area contributed by atoms with Crippen LogP contribution in [0.1, 0.15) is 11.1 Å². The van der Waals surface area contributed by atoms with E-state index in [1.807, 2.05) is 12.1 Å². The van der Waals surface area contributed by atoms with E-state index < -0.39 is 0 Å². The highest BCUT2D eigenvalue weighted by Crippen LogP contribution is 2.38. The Bertz CT molecular complexity index is 1280. The Morgan fingerprint density at radius 3 is 2.52 bits per heavy atom. The molecule has 1 heterocycles. The Hall–Kier alpha value is -2.22. The number of nitrogens with zero attached hydrogens (tertiary/aromatic N) is 1. The van der Waals surface area contributed by atoms with Crippen molar-refractivity contribution in [1.82, 2.24) is 0 Å². The van der Waals surface area contributed by atoms with Crippen LogP contribution in [0.3, 0.4) is 0 Å². The lowest BCUT2D eigenvalue weighted by Gasteiger charge is -2.14. The molecule has 3 aromatic carbocycles. The van der Waals surface area contributed by atoms with Crippen LogP contribution >= 0.6 is 58.8 Å². The fourth-order valence-corrected chi connectivity index (χ4v) is 5.09. The van der Waals surface area contributed by atoms with Gasteiger partial charge in [-0.2, -0.15) is 0 Å². The van der Waals surface area contributed by atoms with E-state index in [1.54, 1.807) is 61.7 Å². The van der Waals surface area contributed by atoms with Crippen LogP contribution in [0.15, 0.2) is 65.6 Å². The van der Waals surface area contributed by atoms with E-state index in [0.717, 1.165) is 11.1 Å². The summed E-state index contributed by atoms with van der Waals surface area (Å²) in [7, 11) is 1.56. The van der Waals surface area contributed by atoms with Gasteiger partial charge >= 0.3 is 0 Å². The molecule has 0 unspecified atom stereocenters. The van der Waals surface area contributed by atoms with Gasteiger partial charge in [0.2, 0.25) is 0 Å². The molecule has 33 heavy (non-hydrogen) atoms. The van der Waals surface area contributed by atoms with E-state index in [1.165, 1.54) is 16.7 Å². The number of benzene rings is 3. The highest BCUT2D eigenvalue weighted by Gasteiger charge is 2.33. The van der Waals surface area contributed by atoms with Gasteiger partial charge in [0.05, 0.1) is 17.7 Å². The van der Waals surface area contributed by atoms with E-state index >= 15 is 0 Å². The van der Waals surface area contributed by atoms with E-state index in [9.17, 15) is 4.79 Å². The van der Waals surface area contributed by atoms with Crippen molar-refractivity contribution < 1.29 is 14.3 Å². The molecule has 168 valence electrons. The number of halogens is 3. The lowest BCUT2D eigenvalue weighted by molar-refractivity contribution is -0.113. The molecule has 0 atom stereocenters. The van der Waals surface area contributed by atoms with Gasteiger partial charge in [0.25, 0.3) is 5.91 Å². The zero-order chi connectivity index (χ0) is 23.5. The second kappa shape index (κ2) is 10.4. The molecule has 3 aromatic rings. The highest BCUT2D eigenvalue weighted by atomic mass is 35.5. The first-order chi connectivity index (χ1) is 15.9. The third kappa shape index (κ3) is 5.48. The molecule has 0 radical (unpaired) electrons. The Balaban J connectivity index is 1.54. The summed E-state index contributed by atoms with van der Waals surface area (Å²) in [6.07, 6.45) is 1.77. The summed E-state index contributed by atoms with van der Waals surface area (Å²) < 4.78 is 11.8. The standard InChI is InChI=1S/C24H16Cl3NO3S2/c1-30-21-9-14(5-8-20(21)31-13-15-6-7-17(26)12-19(15)27)10-22-23(29)28(24(32)33-22)18-4-2-3-16(25)11-18/h2-12H,13H2,1H3/b22-10+. The van der Waals surface area contributed by atoms with Gasteiger partial charge < -0.3 is 9.47 Å². The number of methoxy groups -OCH3 is 1. The first kappa shape index (κ1) is 23.9. The normalized spacial score (nSPS) is 14.8. The molecule has 4 rings (SSSR count). The van der Waals surface area contributed by atoms with Gasteiger partial charge in [-0.25, -0.2) is 0 Å². The van der Waals surface area contributed by atoms with Crippen molar-refractivity contribution in [1.29, 1.82) is 0 Å². The summed E-state index contributed by atoms with van der Waals surface area (Å²) in [6.45, 7) is 0.254. The highest BCUT2D eigenvalue weighted by molar-refractivity contribution is 8.27. The van der Waals surface area contributed by atoms with Crippen molar-refractivity contribution >= 4 is 80.8 Å². The zero-order valence-electron chi connectivity index (χ0n) is 17.2. The molecule has 0 aromatic heterocycles. The molecule has 0 spiro atoms. The molecule has 9 heteroatoms. The van der Waals surface area contributed by atoms with Crippen LogP contribution in [-0.2, 0) is 11.4 Å². The van der Waals surface area contributed by atoms with Crippen LogP contribution in [0.5, 0.6) is 11.5 Å². The Kier molecular flexibility index (Phi) is 7.51. The van der Waals surface area contributed by atoms with Crippen LogP contribution in [0.2, 0.25) is 15.1 Å². The average molecular weight is 537 g/mol. The summed E-state index contributed by atoms with van der Waals surface area (Å²) in [5.74, 6) is 0.871. The summed E-state index contributed by atoms with van der Waals surface area (Å²) in [6, 6.07) is 17.7. The number of thioether (sulfide) groups is 1. The van der Waals surface area contributed by atoms with Crippen LogP contribution in [0.4, 0.5) is 5.69 Å². The maximum Gasteiger partial charge on any atom is 0.270 e. The largest absolute Gasteiger partial charge is 0.493 e. The number of ether oxygens (including phenoxy) is 2. The third-order valence-electron chi connectivity index (χ3n) is 4.74. The molecule has 1 aliphatic heterocycles. The van der Waals surface area contributed by atoms with Crippen molar-refractivity contribution in [3.8, 4) is 11.5 Å². The maximum atomic E-state index is 13.0. The number of rotatable bonds is 6. The minimum atomic E-state index is -0.205. The van der Waals surface area contributed by atoms with Crippen LogP contribution in [0.25, 0.3) is 6.08 Å². The van der Waals surface area contributed by atoms with E-state index in [4.69, 9.17) is 56.5 Å². The second-order valence-electron chi connectivity index (χ2n) is 6.93. The molecule has 4 nitrogen and oxygen atoms in total. The molecular formula is C24H16Cl3NO3S2. The van der Waals surface area contributed by atoms with Gasteiger partial charge in [-0.3, -0.25) is 9.69 Å². The van der Waals surface area contributed by atoms with E-state index in [-0.39, 0.29) is 12.5 Å². The lowest BCUT2D eigenvalue weighted by Crippen LogP contribution is -2.27. The lowest BCUT2D eigenvalue weighted by atomic mass is 10.1. The molecule has 0 aliphatic carbocycles. The number of hydrogen-bond donors (Lipinski definition) is 0. The van der Waals surface area contributed by atoms with Crippen LogP contribution in [-0.4, -0.2) is 17.3 Å². The molecule has 1 fully saturated rings. The SMILES string of the molecule is COc1cc(/C=C2/SC(=S)N(c3cccc(Cl)c3)C2=O)ccc1OCc1ccc(Cl)cc1Cl. The van der Waals surface area contributed by atoms with Gasteiger partial charge in [0.15, 0.2) is 15.8 Å². The third-order valence-corrected chi connectivity index (χ3v) is 6.87. The molecule has 0 saturated carbocycles. The minimum absolute atomic E-state index is 0.205. The van der Waals surface area contributed by atoms with Crippen molar-refractivity contribution in [2.75, 3.05) is 12.0 Å². The number of carbonyl (C=O) groups is 1. The molecule has 0 bridgehead atoms. The maximum absolute atomic E-state index is 13.0. The van der Waals surface area contributed by atoms with E-state index in [2.05, 4.69) is 0 Å². The fourth-order valence-electron chi connectivity index (χ4n) is 3.14. The monoisotopic (exact) mass is 535 g/mol. The van der Waals surface area contributed by atoms with Crippen LogP contribution in [0, 0.1) is 0 Å². The predicted octanol–water partition coefficient (Wildman–Crippen LogP) is 7.64. The van der Waals surface area contributed by atoms with Gasteiger partial charge in [-0.05, 0) is 54.1 Å². The minimum Gasteiger partial charge on any atom is -0.493 e. The van der Waals surface area contributed by atoms with Gasteiger partial charge in [0.1, 0.15) is 6.61 Å². The average Bonchev–Trinajstić information content (AvgIpc) is 3.06. The first-order valence-corrected chi connectivity index (χ1v) is 12.0. The van der Waals surface area contributed by atoms with Gasteiger partial charge in [-0.1, -0.05) is 77.0 Å². The van der Waals surface area contributed by atoms with Crippen molar-refractivity contribution in [3.63, 3.8) is 0 Å².